The number of fused-ring (bicyclic) bond motifs is 2. The number of phenolic OH excluding ortho intramolecular Hbond substituents is 1. The number of phenols is 1. The van der Waals surface area contributed by atoms with Gasteiger partial charge in [-0.15, -0.1) is 0 Å². The third kappa shape index (κ3) is 2.00. The number of nitrogens with zero attached hydrogens (tertiary/aromatic N) is 2. The third-order valence-electron chi connectivity index (χ3n) is 2.94. The number of halogens is 3. The number of hydrogen-bond donors (Lipinski definition) is 1. The van der Waals surface area contributed by atoms with Crippen LogP contribution in [0, 0.1) is 6.92 Å². The van der Waals surface area contributed by atoms with Gasteiger partial charge in [-0.2, -0.15) is 0 Å². The molecule has 1 heterocycles. The van der Waals surface area contributed by atoms with Crippen molar-refractivity contribution < 1.29 is 5.11 Å². The minimum absolute atomic E-state index is 0.0672. The normalized spacial score (nSPS) is 11.4. The van der Waals surface area contributed by atoms with E-state index in [1.165, 1.54) is 0 Å². The highest BCUT2D eigenvalue weighted by Gasteiger charge is 2.16. The summed E-state index contributed by atoms with van der Waals surface area (Å²) in [5.74, 6) is 0.0672. The van der Waals surface area contributed by atoms with Gasteiger partial charge in [0, 0.05) is 10.0 Å². The lowest BCUT2D eigenvalue weighted by Crippen LogP contribution is -1.92. The summed E-state index contributed by atoms with van der Waals surface area (Å²) in [6, 6.07) is 5.62. The van der Waals surface area contributed by atoms with E-state index in [1.54, 1.807) is 6.92 Å². The zero-order valence-electron chi connectivity index (χ0n) is 9.71. The highest BCUT2D eigenvalue weighted by molar-refractivity contribution is 9.11. The first-order valence-corrected chi connectivity index (χ1v) is 7.39. The molecule has 0 aliphatic carbocycles. The molecular weight excluding hydrogens is 395 g/mol. The summed E-state index contributed by atoms with van der Waals surface area (Å²) in [5, 5.41) is 10.6. The van der Waals surface area contributed by atoms with Crippen molar-refractivity contribution in [3.05, 3.63) is 37.7 Å². The summed E-state index contributed by atoms with van der Waals surface area (Å²) < 4.78 is 1.56. The molecule has 2 aromatic carbocycles. The first-order valence-electron chi connectivity index (χ1n) is 5.42. The Kier molecular flexibility index (Phi) is 3.15. The molecule has 0 bridgehead atoms. The molecule has 0 saturated heterocycles. The lowest BCUT2D eigenvalue weighted by molar-refractivity contribution is 0.476. The molecule has 3 aromatic rings. The first-order chi connectivity index (χ1) is 8.99. The number of rotatable bonds is 0. The fourth-order valence-corrected chi connectivity index (χ4v) is 3.00. The number of aromatic nitrogens is 2. The van der Waals surface area contributed by atoms with Gasteiger partial charge < -0.3 is 5.11 Å². The summed E-state index contributed by atoms with van der Waals surface area (Å²) >= 11 is 13.0. The molecule has 3 nitrogen and oxygen atoms in total. The quantitative estimate of drug-likeness (QED) is 0.540. The second kappa shape index (κ2) is 4.58. The summed E-state index contributed by atoms with van der Waals surface area (Å²) in [6.07, 6.45) is 0. The topological polar surface area (TPSA) is 46.0 Å². The minimum atomic E-state index is 0.0672. The van der Waals surface area contributed by atoms with Crippen molar-refractivity contribution in [3.8, 4) is 5.75 Å². The molecule has 0 fully saturated rings. The van der Waals surface area contributed by atoms with E-state index in [9.17, 15) is 5.11 Å². The van der Waals surface area contributed by atoms with Crippen LogP contribution >= 0.6 is 43.5 Å². The molecule has 19 heavy (non-hydrogen) atoms. The van der Waals surface area contributed by atoms with Crippen molar-refractivity contribution in [3.63, 3.8) is 0 Å². The molecule has 0 amide bonds. The van der Waals surface area contributed by atoms with Crippen molar-refractivity contribution >= 4 is 65.5 Å². The predicted octanol–water partition coefficient (Wildman–Crippen LogP) is 4.98. The van der Waals surface area contributed by atoms with Gasteiger partial charge in [0.2, 0.25) is 0 Å². The first kappa shape index (κ1) is 13.1. The van der Waals surface area contributed by atoms with E-state index < -0.39 is 0 Å². The molecule has 3 rings (SSSR count). The molecule has 0 spiro atoms. The Morgan fingerprint density at radius 1 is 1.11 bits per heavy atom. The fourth-order valence-electron chi connectivity index (χ4n) is 1.90. The van der Waals surface area contributed by atoms with E-state index in [1.807, 2.05) is 18.2 Å². The maximum absolute atomic E-state index is 10.2. The Morgan fingerprint density at radius 3 is 2.53 bits per heavy atom. The average molecular weight is 402 g/mol. The molecule has 0 radical (unpaired) electrons. The molecule has 0 aliphatic heterocycles. The van der Waals surface area contributed by atoms with Gasteiger partial charge in [-0.1, -0.05) is 27.5 Å². The average Bonchev–Trinajstić information content (AvgIpc) is 2.41. The largest absolute Gasteiger partial charge is 0.505 e. The summed E-state index contributed by atoms with van der Waals surface area (Å²) in [4.78, 5) is 8.98. The van der Waals surface area contributed by atoms with Crippen LogP contribution in [0.25, 0.3) is 22.1 Å². The van der Waals surface area contributed by atoms with Crippen molar-refractivity contribution in [2.24, 2.45) is 0 Å². The van der Waals surface area contributed by atoms with Crippen molar-refractivity contribution in [2.75, 3.05) is 0 Å². The van der Waals surface area contributed by atoms with Crippen LogP contribution in [0.5, 0.6) is 5.75 Å². The van der Waals surface area contributed by atoms with Gasteiger partial charge in [0.1, 0.15) is 16.8 Å². The van der Waals surface area contributed by atoms with Gasteiger partial charge >= 0.3 is 0 Å². The third-order valence-corrected chi connectivity index (χ3v) is 4.90. The highest BCUT2D eigenvalue weighted by atomic mass is 79.9. The molecule has 6 heteroatoms. The van der Waals surface area contributed by atoms with Gasteiger partial charge in [0.15, 0.2) is 0 Å². The smallest absolute Gasteiger partial charge is 0.147 e. The fraction of sp³-hybridized carbons (Fsp3) is 0.0769. The lowest BCUT2D eigenvalue weighted by Gasteiger charge is -2.09. The van der Waals surface area contributed by atoms with E-state index in [-0.39, 0.29) is 5.75 Å². The summed E-state index contributed by atoms with van der Waals surface area (Å²) in [7, 11) is 0. The molecule has 1 aromatic heterocycles. The molecule has 0 atom stereocenters. The maximum atomic E-state index is 10.2. The van der Waals surface area contributed by atoms with Crippen LogP contribution in [0.2, 0.25) is 5.02 Å². The van der Waals surface area contributed by atoms with Crippen LogP contribution in [0.15, 0.2) is 27.1 Å². The maximum Gasteiger partial charge on any atom is 0.147 e. The predicted molar refractivity (Wildman–Crippen MR) is 83.9 cm³/mol. The monoisotopic (exact) mass is 400 g/mol. The van der Waals surface area contributed by atoms with E-state index >= 15 is 0 Å². The van der Waals surface area contributed by atoms with Crippen LogP contribution in [-0.4, -0.2) is 15.1 Å². The number of benzene rings is 2. The van der Waals surface area contributed by atoms with Gasteiger partial charge in [-0.25, -0.2) is 9.97 Å². The van der Waals surface area contributed by atoms with Gasteiger partial charge in [0.25, 0.3) is 0 Å². The van der Waals surface area contributed by atoms with Crippen LogP contribution < -0.4 is 0 Å². The van der Waals surface area contributed by atoms with Crippen molar-refractivity contribution in [2.45, 2.75) is 6.92 Å². The van der Waals surface area contributed by atoms with Crippen LogP contribution in [0.1, 0.15) is 5.56 Å². The van der Waals surface area contributed by atoms with Crippen molar-refractivity contribution in [1.82, 2.24) is 9.97 Å². The molecule has 96 valence electrons. The second-order valence-electron chi connectivity index (χ2n) is 4.16. The molecule has 0 saturated carbocycles. The molecular formula is C13H7Br2ClN2O. The Bertz CT molecular complexity index is 836. The Hall–Kier alpha value is -0.910. The van der Waals surface area contributed by atoms with Crippen LogP contribution in [0.4, 0.5) is 0 Å². The summed E-state index contributed by atoms with van der Waals surface area (Å²) in [6.45, 7) is 1.74. The minimum Gasteiger partial charge on any atom is -0.505 e. The Morgan fingerprint density at radius 2 is 1.79 bits per heavy atom. The highest BCUT2D eigenvalue weighted by Crippen LogP contribution is 2.39. The number of hydrogen-bond acceptors (Lipinski definition) is 3. The van der Waals surface area contributed by atoms with Gasteiger partial charge in [-0.3, -0.25) is 0 Å². The van der Waals surface area contributed by atoms with Crippen LogP contribution in [-0.2, 0) is 0 Å². The van der Waals surface area contributed by atoms with E-state index in [0.29, 0.717) is 31.6 Å². The SMILES string of the molecule is Cc1c(Cl)c(Br)c2nc3ccc(Br)cc3nc2c1O. The summed E-state index contributed by atoms with van der Waals surface area (Å²) in [5.41, 5.74) is 3.05. The van der Waals surface area contributed by atoms with Gasteiger partial charge in [-0.05, 0) is 41.1 Å². The zero-order valence-corrected chi connectivity index (χ0v) is 13.6. The van der Waals surface area contributed by atoms with Crippen molar-refractivity contribution in [1.29, 1.82) is 0 Å². The molecule has 1 N–H and O–H groups in total. The van der Waals surface area contributed by atoms with E-state index in [4.69, 9.17) is 11.6 Å². The zero-order chi connectivity index (χ0) is 13.7. The molecule has 0 unspecified atom stereocenters. The second-order valence-corrected chi connectivity index (χ2v) is 6.24. The van der Waals surface area contributed by atoms with E-state index in [0.717, 1.165) is 9.99 Å². The van der Waals surface area contributed by atoms with Crippen LogP contribution in [0.3, 0.4) is 0 Å². The molecule has 0 aliphatic rings. The standard InChI is InChI=1S/C13H7Br2ClN2O/c1-5-10(16)9(15)11-12(13(5)19)18-8-4-6(14)2-3-7(8)17-11/h2-4,19H,1H3. The number of aromatic hydroxyl groups is 1. The Labute approximate surface area is 130 Å². The van der Waals surface area contributed by atoms with Gasteiger partial charge in [0.05, 0.1) is 20.5 Å². The lowest BCUT2D eigenvalue weighted by atomic mass is 10.1. The van der Waals surface area contributed by atoms with E-state index in [2.05, 4.69) is 41.8 Å². The Balaban J connectivity index is 2.55.